The molecule has 0 atom stereocenters. The molecular weight excluding hydrogens is 1010 g/mol. The molecule has 0 aliphatic heterocycles. The zero-order valence-electron chi connectivity index (χ0n) is 45.4. The first-order valence-corrected chi connectivity index (χ1v) is 26.5. The van der Waals surface area contributed by atoms with Crippen LogP contribution in [0.3, 0.4) is 0 Å². The first kappa shape index (κ1) is 51.6. The number of halogens is 6. The second-order valence-corrected chi connectivity index (χ2v) is 21.8. The van der Waals surface area contributed by atoms with Gasteiger partial charge in [0.2, 0.25) is 0 Å². The van der Waals surface area contributed by atoms with E-state index >= 15 is 26.3 Å². The van der Waals surface area contributed by atoms with E-state index in [0.29, 0.717) is 39.9 Å². The summed E-state index contributed by atoms with van der Waals surface area (Å²) >= 11 is 0. The van der Waals surface area contributed by atoms with E-state index in [0.717, 1.165) is 117 Å². The van der Waals surface area contributed by atoms with Crippen molar-refractivity contribution in [2.75, 3.05) is 0 Å². The van der Waals surface area contributed by atoms with Gasteiger partial charge in [0.05, 0.1) is 56.2 Å². The van der Waals surface area contributed by atoms with E-state index in [1.54, 1.807) is 0 Å². The highest BCUT2D eigenvalue weighted by Gasteiger charge is 2.42. The smallest absolute Gasteiger partial charge is 0.307 e. The molecule has 0 aliphatic rings. The maximum atomic E-state index is 15.4. The van der Waals surface area contributed by atoms with E-state index in [1.165, 1.54) is 12.1 Å². The maximum absolute atomic E-state index is 15.4. The van der Waals surface area contributed by atoms with Crippen molar-refractivity contribution in [3.63, 3.8) is 0 Å². The van der Waals surface area contributed by atoms with Crippen molar-refractivity contribution in [3.05, 3.63) is 237 Å². The Morgan fingerprint density at radius 1 is 0.325 bits per heavy atom. The van der Waals surface area contributed by atoms with Crippen LogP contribution < -0.4 is 0 Å². The Morgan fingerprint density at radius 3 is 0.863 bits per heavy atom. The zero-order chi connectivity index (χ0) is 56.3. The van der Waals surface area contributed by atoms with Gasteiger partial charge in [-0.2, -0.15) is 31.6 Å². The molecule has 394 valence electrons. The van der Waals surface area contributed by atoms with E-state index in [1.807, 2.05) is 85.4 Å². The fourth-order valence-electron chi connectivity index (χ4n) is 12.4. The predicted octanol–water partition coefficient (Wildman–Crippen LogP) is 20.6. The van der Waals surface area contributed by atoms with Gasteiger partial charge in [-0.1, -0.05) is 148 Å². The number of fused-ring (bicyclic) bond motifs is 6. The molecular formula is C71H53F6N3. The number of hydrogen-bond donors (Lipinski definition) is 0. The molecule has 0 bridgehead atoms. The fraction of sp³-hybridized carbons (Fsp3) is 0.141. The van der Waals surface area contributed by atoms with Crippen molar-refractivity contribution < 1.29 is 26.3 Å². The molecule has 0 radical (unpaired) electrons. The summed E-state index contributed by atoms with van der Waals surface area (Å²) in [4.78, 5) is 0. The minimum Gasteiger partial charge on any atom is -0.307 e. The molecule has 0 amide bonds. The van der Waals surface area contributed by atoms with Gasteiger partial charge in [0, 0.05) is 32.7 Å². The lowest BCUT2D eigenvalue weighted by molar-refractivity contribution is -0.142. The number of rotatable bonds is 7. The molecule has 12 rings (SSSR count). The largest absolute Gasteiger partial charge is 0.417 e. The zero-order valence-corrected chi connectivity index (χ0v) is 45.4. The van der Waals surface area contributed by atoms with Crippen molar-refractivity contribution in [1.29, 1.82) is 5.26 Å². The lowest BCUT2D eigenvalue weighted by atomic mass is 9.89. The Bertz CT molecular complexity index is 4280. The highest BCUT2D eigenvalue weighted by molar-refractivity contribution is 6.14. The van der Waals surface area contributed by atoms with Crippen LogP contribution in [0.25, 0.3) is 111 Å². The minimum atomic E-state index is -5.22. The summed E-state index contributed by atoms with van der Waals surface area (Å²) in [6.45, 7) is 16.4. The summed E-state index contributed by atoms with van der Waals surface area (Å²) < 4.78 is 96.2. The van der Waals surface area contributed by atoms with Crippen LogP contribution >= 0.6 is 0 Å². The molecule has 0 saturated carbocycles. The van der Waals surface area contributed by atoms with Crippen molar-refractivity contribution in [2.45, 2.75) is 67.7 Å². The van der Waals surface area contributed by atoms with Gasteiger partial charge in [0.1, 0.15) is 0 Å². The summed E-state index contributed by atoms with van der Waals surface area (Å²) in [6, 6.07) is 57.1. The number of nitrogens with zero attached hydrogens (tertiary/aromatic N) is 3. The molecule has 0 N–H and O–H groups in total. The van der Waals surface area contributed by atoms with Gasteiger partial charge >= 0.3 is 12.4 Å². The number of aryl methyl sites for hydroxylation is 8. The van der Waals surface area contributed by atoms with Gasteiger partial charge in [-0.25, -0.2) is 0 Å². The van der Waals surface area contributed by atoms with Gasteiger partial charge in [-0.15, -0.1) is 0 Å². The van der Waals surface area contributed by atoms with Gasteiger partial charge < -0.3 is 9.13 Å². The first-order valence-electron chi connectivity index (χ1n) is 26.5. The number of hydrogen-bond acceptors (Lipinski definition) is 1. The van der Waals surface area contributed by atoms with E-state index < -0.39 is 34.6 Å². The lowest BCUT2D eigenvalue weighted by Gasteiger charge is -2.23. The van der Waals surface area contributed by atoms with Crippen molar-refractivity contribution >= 4 is 43.6 Å². The Kier molecular flexibility index (Phi) is 12.3. The molecule has 0 fully saturated rings. The quantitative estimate of drug-likeness (QED) is 0.146. The number of aromatic nitrogens is 2. The van der Waals surface area contributed by atoms with Gasteiger partial charge in [0.15, 0.2) is 0 Å². The fourth-order valence-corrected chi connectivity index (χ4v) is 12.4. The van der Waals surface area contributed by atoms with Crippen LogP contribution in [0, 0.1) is 66.7 Å². The van der Waals surface area contributed by atoms with E-state index in [4.69, 9.17) is 0 Å². The number of benzene rings is 10. The highest BCUT2D eigenvalue weighted by atomic mass is 19.4. The van der Waals surface area contributed by atoms with Gasteiger partial charge in [0.25, 0.3) is 0 Å². The summed E-state index contributed by atoms with van der Waals surface area (Å²) in [7, 11) is 0. The molecule has 0 aliphatic carbocycles. The SMILES string of the molecule is Cc1cc(C)cc(-c2ccc3c(c2)c2cc(-c4cc(C)cc(C)c4)ccc2n3-c2cc(C#N)c(-c3c(C(F)(F)F)cccc3C(F)(F)F)cc2-n2c3ccc(-c4cc(C)cc(C)c4)cc3c3cc(-c4cc(C)cc(C)c4)ccc32)c1. The molecule has 2 aromatic heterocycles. The Morgan fingerprint density at radius 2 is 0.600 bits per heavy atom. The molecule has 0 saturated heterocycles. The Hall–Kier alpha value is -9.13. The monoisotopic (exact) mass is 1060 g/mol. The Balaban J connectivity index is 1.25. The molecule has 2 heterocycles. The topological polar surface area (TPSA) is 33.6 Å². The highest BCUT2D eigenvalue weighted by Crippen LogP contribution is 2.49. The first-order chi connectivity index (χ1) is 38.1. The van der Waals surface area contributed by atoms with Crippen LogP contribution in [0.5, 0.6) is 0 Å². The average molecular weight is 1060 g/mol. The van der Waals surface area contributed by atoms with E-state index in [2.05, 4.69) is 131 Å². The normalized spacial score (nSPS) is 12.1. The minimum absolute atomic E-state index is 0.262. The van der Waals surface area contributed by atoms with E-state index in [9.17, 15) is 5.26 Å². The average Bonchev–Trinajstić information content (AvgIpc) is 2.95. The third-order valence-corrected chi connectivity index (χ3v) is 15.4. The predicted molar refractivity (Wildman–Crippen MR) is 315 cm³/mol. The summed E-state index contributed by atoms with van der Waals surface area (Å²) in [5.41, 5.74) is 14.9. The summed E-state index contributed by atoms with van der Waals surface area (Å²) in [6.07, 6.45) is -10.4. The lowest BCUT2D eigenvalue weighted by Crippen LogP contribution is -2.15. The van der Waals surface area contributed by atoms with Crippen LogP contribution in [0.4, 0.5) is 26.3 Å². The third kappa shape index (κ3) is 9.08. The molecule has 12 aromatic rings. The molecule has 0 spiro atoms. The second kappa shape index (κ2) is 19.1. The number of alkyl halides is 6. The van der Waals surface area contributed by atoms with Crippen LogP contribution in [0.15, 0.2) is 176 Å². The van der Waals surface area contributed by atoms with Crippen LogP contribution in [0.2, 0.25) is 0 Å². The maximum Gasteiger partial charge on any atom is 0.417 e. The standard InChI is InChI=1S/C71H53F6N3/c1-39-20-40(2)25-51(24-39)47-12-16-63-57(32-47)58-33-48(52-26-41(3)21-42(4)27-52)13-17-64(58)79(63)67-36-55(38-78)56(69-61(70(72,73)74)10-9-11-62(69)71(75,76)77)37-68(67)80-65-18-14-49(53-28-43(5)22-44(6)29-53)34-59(65)60-35-50(15-19-66(60)80)54-30-45(7)23-46(8)31-54/h9-37H,1-8H3. The molecule has 9 heteroatoms. The van der Waals surface area contributed by atoms with Crippen LogP contribution in [-0.2, 0) is 12.4 Å². The second-order valence-electron chi connectivity index (χ2n) is 21.8. The molecule has 3 nitrogen and oxygen atoms in total. The summed E-state index contributed by atoms with van der Waals surface area (Å²) in [5.74, 6) is 0. The van der Waals surface area contributed by atoms with E-state index in [-0.39, 0.29) is 11.3 Å². The molecule has 10 aromatic carbocycles. The van der Waals surface area contributed by atoms with Crippen molar-refractivity contribution in [1.82, 2.24) is 9.13 Å². The van der Waals surface area contributed by atoms with Crippen LogP contribution in [-0.4, -0.2) is 9.13 Å². The van der Waals surface area contributed by atoms with Crippen molar-refractivity contribution in [3.8, 4) is 73.1 Å². The Labute approximate surface area is 460 Å². The van der Waals surface area contributed by atoms with Crippen LogP contribution in [0.1, 0.15) is 61.2 Å². The summed E-state index contributed by atoms with van der Waals surface area (Å²) in [5, 5.41) is 14.6. The third-order valence-electron chi connectivity index (χ3n) is 15.4. The van der Waals surface area contributed by atoms with Gasteiger partial charge in [-0.3, -0.25) is 0 Å². The molecule has 0 unspecified atom stereocenters. The molecule has 80 heavy (non-hydrogen) atoms. The number of nitriles is 1. The van der Waals surface area contributed by atoms with Crippen molar-refractivity contribution in [2.24, 2.45) is 0 Å². The van der Waals surface area contributed by atoms with Gasteiger partial charge in [-0.05, 0) is 173 Å².